The van der Waals surface area contributed by atoms with E-state index in [9.17, 15) is 19.2 Å². The molecule has 2 aromatic carbocycles. The van der Waals surface area contributed by atoms with E-state index in [2.05, 4.69) is 68.1 Å². The minimum Gasteiger partial charge on any atom is -0.494 e. The quantitative estimate of drug-likeness (QED) is 0.132. The van der Waals surface area contributed by atoms with E-state index in [0.29, 0.717) is 12.4 Å². The van der Waals surface area contributed by atoms with Gasteiger partial charge in [-0.25, -0.2) is 0 Å². The predicted octanol–water partition coefficient (Wildman–Crippen LogP) is 4.99. The summed E-state index contributed by atoms with van der Waals surface area (Å²) in [5, 5.41) is 4.61. The molecule has 4 amide bonds. The van der Waals surface area contributed by atoms with Gasteiger partial charge in [0.25, 0.3) is 11.8 Å². The summed E-state index contributed by atoms with van der Waals surface area (Å²) in [5.41, 5.74) is 6.30. The Balaban J connectivity index is 0.713. The lowest BCUT2D eigenvalue weighted by Crippen LogP contribution is -2.54. The molecule has 0 bridgehead atoms. The minimum absolute atomic E-state index is 0.0922. The summed E-state index contributed by atoms with van der Waals surface area (Å²) in [5.74, 6) is -1.52. The molecule has 54 heavy (non-hydrogen) atoms. The summed E-state index contributed by atoms with van der Waals surface area (Å²) in [6.07, 6.45) is 11.1. The van der Waals surface area contributed by atoms with Crippen LogP contribution in [0.5, 0.6) is 5.75 Å². The molecule has 8 rings (SSSR count). The van der Waals surface area contributed by atoms with Crippen LogP contribution in [0.1, 0.15) is 64.9 Å². The molecule has 0 radical (unpaired) electrons. The van der Waals surface area contributed by atoms with Crippen LogP contribution in [-0.4, -0.2) is 105 Å². The maximum atomic E-state index is 13.1. The highest BCUT2D eigenvalue weighted by molar-refractivity contribution is 6.23. The molecule has 12 nitrogen and oxygen atoms in total. The zero-order chi connectivity index (χ0) is 37.2. The number of carbonyl (C=O) groups is 4. The Hall–Kier alpha value is -5.46. The van der Waals surface area contributed by atoms with Crippen molar-refractivity contribution in [1.82, 2.24) is 34.6 Å². The summed E-state index contributed by atoms with van der Waals surface area (Å²) in [4.78, 5) is 65.0. The number of nitrogens with one attached hydrogen (secondary N) is 1. The normalized spacial score (nSPS) is 18.2. The number of piperazine rings is 1. The van der Waals surface area contributed by atoms with E-state index in [1.165, 1.54) is 27.4 Å². The number of pyridine rings is 2. The van der Waals surface area contributed by atoms with Gasteiger partial charge in [-0.05, 0) is 93.6 Å². The number of aromatic nitrogens is 3. The molecule has 3 aliphatic rings. The van der Waals surface area contributed by atoms with Crippen molar-refractivity contribution in [2.45, 2.75) is 51.0 Å². The fraction of sp³-hybridized carbons (Fsp3) is 0.381. The number of fused-ring (bicyclic) bond motifs is 4. The van der Waals surface area contributed by atoms with Gasteiger partial charge in [-0.2, -0.15) is 0 Å². The summed E-state index contributed by atoms with van der Waals surface area (Å²) >= 11 is 0. The molecule has 1 N–H and O–H groups in total. The first-order valence-electron chi connectivity index (χ1n) is 19.0. The standard InChI is InChI=1S/C42H45N7O5/c1-46-36-15-16-43-27-35(36)32-11-8-28(24-38(32)46)29-7-9-30(44-26-29)6-5-18-48-21-19-47(20-22-48)17-3-2-4-23-54-31-10-12-33-34(25-31)42(53)49(41(33)52)37-13-14-39(50)45-40(37)51/h7-12,15-16,24-27,37H,2-6,13-14,17-23H2,1H3,(H,45,50,51). The summed E-state index contributed by atoms with van der Waals surface area (Å²) in [6, 6.07) is 16.9. The van der Waals surface area contributed by atoms with Crippen molar-refractivity contribution in [2.24, 2.45) is 7.05 Å². The van der Waals surface area contributed by atoms with Crippen LogP contribution >= 0.6 is 0 Å². The molecular weight excluding hydrogens is 683 g/mol. The molecule has 1 atom stereocenters. The van der Waals surface area contributed by atoms with Gasteiger partial charge in [0.2, 0.25) is 11.8 Å². The molecule has 2 fully saturated rings. The van der Waals surface area contributed by atoms with Crippen molar-refractivity contribution in [3.8, 4) is 16.9 Å². The lowest BCUT2D eigenvalue weighted by atomic mass is 10.0. The van der Waals surface area contributed by atoms with Crippen molar-refractivity contribution < 1.29 is 23.9 Å². The van der Waals surface area contributed by atoms with Gasteiger partial charge in [0.15, 0.2) is 0 Å². The molecule has 1 unspecified atom stereocenters. The first-order chi connectivity index (χ1) is 26.3. The number of amides is 4. The number of carbonyl (C=O) groups excluding carboxylic acids is 4. The number of piperidine rings is 1. The molecule has 6 heterocycles. The molecule has 12 heteroatoms. The van der Waals surface area contributed by atoms with Gasteiger partial charge < -0.3 is 19.1 Å². The van der Waals surface area contributed by atoms with Gasteiger partial charge in [0, 0.05) is 85.8 Å². The highest BCUT2D eigenvalue weighted by atomic mass is 16.5. The second kappa shape index (κ2) is 15.5. The van der Waals surface area contributed by atoms with E-state index in [-0.39, 0.29) is 24.0 Å². The maximum Gasteiger partial charge on any atom is 0.262 e. The number of hydrogen-bond donors (Lipinski definition) is 1. The van der Waals surface area contributed by atoms with E-state index in [1.54, 1.807) is 18.2 Å². The minimum atomic E-state index is -0.974. The van der Waals surface area contributed by atoms with Gasteiger partial charge in [0.05, 0.1) is 23.3 Å². The molecule has 278 valence electrons. The second-order valence-electron chi connectivity index (χ2n) is 14.6. The number of rotatable bonds is 13. The molecule has 0 saturated carbocycles. The molecule has 2 saturated heterocycles. The number of benzene rings is 2. The smallest absolute Gasteiger partial charge is 0.262 e. The Morgan fingerprint density at radius 1 is 0.759 bits per heavy atom. The molecule has 5 aromatic rings. The SMILES string of the molecule is Cn1c2ccncc2c2ccc(-c3ccc(CCCN4CCN(CCCCCOc5ccc6c(c5)C(=O)N(C5CCC(=O)NC5=O)C6=O)CC4)nc3)cc21. The number of nitrogens with zero attached hydrogens (tertiary/aromatic N) is 6. The number of aryl methyl sites for hydroxylation is 2. The average molecular weight is 728 g/mol. The molecule has 3 aromatic heterocycles. The van der Waals surface area contributed by atoms with Crippen LogP contribution in [0.15, 0.2) is 73.2 Å². The van der Waals surface area contributed by atoms with Crippen molar-refractivity contribution in [2.75, 3.05) is 45.9 Å². The van der Waals surface area contributed by atoms with Crippen molar-refractivity contribution in [3.63, 3.8) is 0 Å². The summed E-state index contributed by atoms with van der Waals surface area (Å²) < 4.78 is 8.16. The topological polar surface area (TPSA) is 130 Å². The fourth-order valence-electron chi connectivity index (χ4n) is 8.04. The fourth-order valence-corrected chi connectivity index (χ4v) is 8.04. The molecule has 0 aliphatic carbocycles. The number of imide groups is 2. The van der Waals surface area contributed by atoms with Crippen LogP contribution in [0.4, 0.5) is 0 Å². The predicted molar refractivity (Wildman–Crippen MR) is 205 cm³/mol. The Labute approximate surface area is 314 Å². The lowest BCUT2D eigenvalue weighted by molar-refractivity contribution is -0.136. The van der Waals surface area contributed by atoms with Crippen LogP contribution in [-0.2, 0) is 23.1 Å². The third-order valence-electron chi connectivity index (χ3n) is 11.1. The van der Waals surface area contributed by atoms with Gasteiger partial charge >= 0.3 is 0 Å². The van der Waals surface area contributed by atoms with E-state index >= 15 is 0 Å². The van der Waals surface area contributed by atoms with Crippen LogP contribution in [0, 0.1) is 0 Å². The van der Waals surface area contributed by atoms with E-state index in [4.69, 9.17) is 9.72 Å². The lowest BCUT2D eigenvalue weighted by Gasteiger charge is -2.34. The first-order valence-corrected chi connectivity index (χ1v) is 19.0. The van der Waals surface area contributed by atoms with Gasteiger partial charge in [-0.3, -0.25) is 39.4 Å². The maximum absolute atomic E-state index is 13.1. The van der Waals surface area contributed by atoms with Crippen LogP contribution < -0.4 is 10.1 Å². The van der Waals surface area contributed by atoms with Gasteiger partial charge in [-0.15, -0.1) is 0 Å². The highest BCUT2D eigenvalue weighted by Gasteiger charge is 2.44. The van der Waals surface area contributed by atoms with E-state index in [1.807, 2.05) is 18.6 Å². The van der Waals surface area contributed by atoms with Crippen molar-refractivity contribution in [1.29, 1.82) is 0 Å². The first kappa shape index (κ1) is 35.6. The van der Waals surface area contributed by atoms with E-state index in [0.717, 1.165) is 87.5 Å². The molecule has 0 spiro atoms. The second-order valence-corrected chi connectivity index (χ2v) is 14.6. The number of ether oxygens (including phenoxy) is 1. The molecular formula is C42H45N7O5. The van der Waals surface area contributed by atoms with Crippen LogP contribution in [0.3, 0.4) is 0 Å². The van der Waals surface area contributed by atoms with Crippen molar-refractivity contribution in [3.05, 3.63) is 90.0 Å². The third-order valence-corrected chi connectivity index (χ3v) is 11.1. The van der Waals surface area contributed by atoms with Gasteiger partial charge in [-0.1, -0.05) is 18.2 Å². The van der Waals surface area contributed by atoms with Gasteiger partial charge in [0.1, 0.15) is 11.8 Å². The zero-order valence-electron chi connectivity index (χ0n) is 30.6. The Bertz CT molecular complexity index is 2220. The Kier molecular flexibility index (Phi) is 10.2. The third kappa shape index (κ3) is 7.23. The summed E-state index contributed by atoms with van der Waals surface area (Å²) in [7, 11) is 2.11. The average Bonchev–Trinajstić information content (AvgIpc) is 3.61. The monoisotopic (exact) mass is 727 g/mol. The Morgan fingerprint density at radius 2 is 1.54 bits per heavy atom. The van der Waals surface area contributed by atoms with Crippen molar-refractivity contribution >= 4 is 45.4 Å². The van der Waals surface area contributed by atoms with E-state index < -0.39 is 29.7 Å². The Morgan fingerprint density at radius 3 is 2.31 bits per heavy atom. The zero-order valence-corrected chi connectivity index (χ0v) is 30.6. The summed E-state index contributed by atoms with van der Waals surface area (Å²) in [6.45, 7) is 7.00. The highest BCUT2D eigenvalue weighted by Crippen LogP contribution is 2.32. The van der Waals surface area contributed by atoms with Crippen LogP contribution in [0.2, 0.25) is 0 Å². The largest absolute Gasteiger partial charge is 0.494 e. The van der Waals surface area contributed by atoms with Crippen LogP contribution in [0.25, 0.3) is 32.9 Å². The number of unbranched alkanes of at least 4 members (excludes halogenated alkanes) is 2. The molecule has 3 aliphatic heterocycles. The number of hydrogen-bond acceptors (Lipinski definition) is 9.